The quantitative estimate of drug-likeness (QED) is 0.358. The molecule has 0 atom stereocenters. The van der Waals surface area contributed by atoms with Crippen LogP contribution in [0.2, 0.25) is 0 Å². The molecule has 1 heterocycles. The Morgan fingerprint density at radius 3 is 2.63 bits per heavy atom. The van der Waals surface area contributed by atoms with Gasteiger partial charge in [-0.05, 0) is 43.3 Å². The molecule has 0 aliphatic carbocycles. The molecule has 156 valence electrons. The molecule has 30 heavy (non-hydrogen) atoms. The number of hydrogen-bond donors (Lipinski definition) is 0. The van der Waals surface area contributed by atoms with E-state index in [1.807, 2.05) is 0 Å². The highest BCUT2D eigenvalue weighted by molar-refractivity contribution is 8.27. The molecule has 2 aromatic carbocycles. The van der Waals surface area contributed by atoms with Gasteiger partial charge in [-0.25, -0.2) is 9.18 Å². The van der Waals surface area contributed by atoms with Crippen LogP contribution in [0.3, 0.4) is 0 Å². The molecule has 1 saturated heterocycles. The van der Waals surface area contributed by atoms with E-state index in [1.54, 1.807) is 31.2 Å². The van der Waals surface area contributed by atoms with Crippen LogP contribution in [0, 0.1) is 5.82 Å². The fraction of sp³-hybridized carbons (Fsp3) is 0.190. The van der Waals surface area contributed by atoms with Crippen molar-refractivity contribution in [3.8, 4) is 11.5 Å². The molecule has 0 aromatic heterocycles. The molecule has 3 rings (SSSR count). The van der Waals surface area contributed by atoms with Gasteiger partial charge in [0.05, 0.1) is 24.3 Å². The van der Waals surface area contributed by atoms with Crippen molar-refractivity contribution in [3.63, 3.8) is 0 Å². The van der Waals surface area contributed by atoms with Crippen LogP contribution in [-0.4, -0.2) is 36.5 Å². The van der Waals surface area contributed by atoms with Crippen LogP contribution in [0.1, 0.15) is 12.5 Å². The molecule has 0 N–H and O–H groups in total. The van der Waals surface area contributed by atoms with Crippen molar-refractivity contribution in [2.75, 3.05) is 25.2 Å². The summed E-state index contributed by atoms with van der Waals surface area (Å²) in [5.74, 6) is -0.547. The van der Waals surface area contributed by atoms with E-state index in [4.69, 9.17) is 26.4 Å². The minimum absolute atomic E-state index is 0.243. The average molecular weight is 448 g/mol. The molecular formula is C21H18FNO5S2. The van der Waals surface area contributed by atoms with Crippen LogP contribution in [0.25, 0.3) is 6.08 Å². The van der Waals surface area contributed by atoms with E-state index in [-0.39, 0.29) is 19.1 Å². The summed E-state index contributed by atoms with van der Waals surface area (Å²) in [6.07, 6.45) is 1.62. The molecule has 0 saturated carbocycles. The number of rotatable bonds is 7. The fourth-order valence-corrected chi connectivity index (χ4v) is 4.01. The second kappa shape index (κ2) is 9.73. The normalized spacial score (nSPS) is 14.9. The topological polar surface area (TPSA) is 65.1 Å². The van der Waals surface area contributed by atoms with Gasteiger partial charge < -0.3 is 14.2 Å². The van der Waals surface area contributed by atoms with E-state index in [1.165, 1.54) is 36.3 Å². The number of hydrogen-bond acceptors (Lipinski definition) is 7. The third-order valence-corrected chi connectivity index (χ3v) is 5.34. The van der Waals surface area contributed by atoms with E-state index < -0.39 is 11.8 Å². The van der Waals surface area contributed by atoms with E-state index in [2.05, 4.69) is 0 Å². The van der Waals surface area contributed by atoms with Crippen molar-refractivity contribution >= 4 is 51.9 Å². The van der Waals surface area contributed by atoms with Gasteiger partial charge in [-0.2, -0.15) is 0 Å². The summed E-state index contributed by atoms with van der Waals surface area (Å²) in [5, 5.41) is 0. The second-order valence-electron chi connectivity index (χ2n) is 5.97. The van der Waals surface area contributed by atoms with Crippen LogP contribution in [-0.2, 0) is 14.3 Å². The van der Waals surface area contributed by atoms with Gasteiger partial charge in [0.15, 0.2) is 22.4 Å². The predicted molar refractivity (Wildman–Crippen MR) is 117 cm³/mol. The van der Waals surface area contributed by atoms with Gasteiger partial charge in [0.25, 0.3) is 5.91 Å². The first-order chi connectivity index (χ1) is 14.4. The Hall–Kier alpha value is -2.91. The van der Waals surface area contributed by atoms with E-state index in [9.17, 15) is 14.0 Å². The number of nitrogens with zero attached hydrogens (tertiary/aromatic N) is 1. The number of amides is 1. The Kier molecular flexibility index (Phi) is 7.07. The summed E-state index contributed by atoms with van der Waals surface area (Å²) < 4.78 is 29.4. The van der Waals surface area contributed by atoms with Crippen LogP contribution in [0.15, 0.2) is 47.4 Å². The van der Waals surface area contributed by atoms with Crippen molar-refractivity contribution in [1.29, 1.82) is 0 Å². The maximum absolute atomic E-state index is 13.2. The zero-order chi connectivity index (χ0) is 21.7. The zero-order valence-electron chi connectivity index (χ0n) is 16.2. The summed E-state index contributed by atoms with van der Waals surface area (Å²) in [6.45, 7) is 1.65. The Balaban J connectivity index is 1.90. The van der Waals surface area contributed by atoms with E-state index in [0.29, 0.717) is 32.0 Å². The lowest BCUT2D eigenvalue weighted by Gasteiger charge is -2.14. The molecule has 1 aliphatic heterocycles. The minimum Gasteiger partial charge on any atom is -0.493 e. The lowest BCUT2D eigenvalue weighted by molar-refractivity contribution is -0.145. The third kappa shape index (κ3) is 4.80. The smallest absolute Gasteiger partial charge is 0.344 e. The molecule has 0 bridgehead atoms. The Bertz CT molecular complexity index is 1010. The summed E-state index contributed by atoms with van der Waals surface area (Å²) in [4.78, 5) is 26.3. The van der Waals surface area contributed by atoms with Crippen LogP contribution in [0.4, 0.5) is 10.1 Å². The highest BCUT2D eigenvalue weighted by Crippen LogP contribution is 2.39. The maximum atomic E-state index is 13.2. The minimum atomic E-state index is -0.517. The Morgan fingerprint density at radius 2 is 1.97 bits per heavy atom. The van der Waals surface area contributed by atoms with Crippen molar-refractivity contribution in [2.24, 2.45) is 0 Å². The highest BCUT2D eigenvalue weighted by atomic mass is 32.2. The summed E-state index contributed by atoms with van der Waals surface area (Å²) in [7, 11) is 1.48. The molecule has 0 unspecified atom stereocenters. The predicted octanol–water partition coefficient (Wildman–Crippen LogP) is 4.18. The summed E-state index contributed by atoms with van der Waals surface area (Å²) in [5.41, 5.74) is 1.02. The lowest BCUT2D eigenvalue weighted by atomic mass is 10.1. The van der Waals surface area contributed by atoms with Gasteiger partial charge >= 0.3 is 5.97 Å². The van der Waals surface area contributed by atoms with Crippen molar-refractivity contribution in [2.45, 2.75) is 6.92 Å². The van der Waals surface area contributed by atoms with Crippen LogP contribution in [0.5, 0.6) is 11.5 Å². The average Bonchev–Trinajstić information content (AvgIpc) is 3.01. The SMILES string of the molecule is CCOC(=O)COc1c(/C=C2/SC(=S)N(c3ccc(F)cc3)C2=O)cccc1OC. The monoisotopic (exact) mass is 447 g/mol. The lowest BCUT2D eigenvalue weighted by Crippen LogP contribution is -2.27. The summed E-state index contributed by atoms with van der Waals surface area (Å²) in [6, 6.07) is 10.7. The van der Waals surface area contributed by atoms with Crippen molar-refractivity contribution in [1.82, 2.24) is 0 Å². The molecule has 9 heteroatoms. The summed E-state index contributed by atoms with van der Waals surface area (Å²) >= 11 is 6.46. The number of esters is 1. The highest BCUT2D eigenvalue weighted by Gasteiger charge is 2.33. The molecular weight excluding hydrogens is 429 g/mol. The zero-order valence-corrected chi connectivity index (χ0v) is 17.8. The standard InChI is InChI=1S/C21H18FNO5S2/c1-3-27-18(24)12-28-19-13(5-4-6-16(19)26-2)11-17-20(25)23(21(29)30-17)15-9-7-14(22)8-10-15/h4-11H,3,12H2,1-2H3/b17-11+. The number of carbonyl (C=O) groups is 2. The number of benzene rings is 2. The van der Waals surface area contributed by atoms with Gasteiger partial charge in [-0.15, -0.1) is 0 Å². The molecule has 0 radical (unpaired) electrons. The third-order valence-electron chi connectivity index (χ3n) is 4.03. The number of thioether (sulfide) groups is 1. The number of anilines is 1. The van der Waals surface area contributed by atoms with E-state index in [0.717, 1.165) is 11.8 Å². The number of para-hydroxylation sites is 1. The largest absolute Gasteiger partial charge is 0.493 e. The van der Waals surface area contributed by atoms with Crippen molar-refractivity contribution in [3.05, 3.63) is 58.8 Å². The first-order valence-electron chi connectivity index (χ1n) is 8.93. The first kappa shape index (κ1) is 21.8. The Morgan fingerprint density at radius 1 is 1.23 bits per heavy atom. The molecule has 6 nitrogen and oxygen atoms in total. The molecule has 1 aliphatic rings. The molecule has 2 aromatic rings. The number of thiocarbonyl (C=S) groups is 1. The van der Waals surface area contributed by atoms with Crippen molar-refractivity contribution < 1.29 is 28.2 Å². The van der Waals surface area contributed by atoms with Gasteiger partial charge in [-0.3, -0.25) is 9.69 Å². The van der Waals surface area contributed by atoms with Gasteiger partial charge in [0.1, 0.15) is 5.82 Å². The van der Waals surface area contributed by atoms with E-state index >= 15 is 0 Å². The molecule has 1 fully saturated rings. The van der Waals surface area contributed by atoms with Gasteiger partial charge in [-0.1, -0.05) is 36.1 Å². The number of ether oxygens (including phenoxy) is 3. The van der Waals surface area contributed by atoms with Gasteiger partial charge in [0, 0.05) is 5.56 Å². The van der Waals surface area contributed by atoms with Crippen LogP contribution >= 0.6 is 24.0 Å². The van der Waals surface area contributed by atoms with Crippen LogP contribution < -0.4 is 14.4 Å². The Labute approximate surface area is 182 Å². The number of carbonyl (C=O) groups excluding carboxylic acids is 2. The number of methoxy groups -OCH3 is 1. The molecule has 1 amide bonds. The number of halogens is 1. The second-order valence-corrected chi connectivity index (χ2v) is 7.64. The first-order valence-corrected chi connectivity index (χ1v) is 10.2. The fourth-order valence-electron chi connectivity index (χ4n) is 2.72. The van der Waals surface area contributed by atoms with Gasteiger partial charge in [0.2, 0.25) is 0 Å². The maximum Gasteiger partial charge on any atom is 0.344 e. The molecule has 0 spiro atoms.